The van der Waals surface area contributed by atoms with Gasteiger partial charge >= 0.3 is 0 Å². The molecule has 0 saturated heterocycles. The lowest BCUT2D eigenvalue weighted by molar-refractivity contribution is 0.477. The highest BCUT2D eigenvalue weighted by atomic mass is 32.2. The van der Waals surface area contributed by atoms with Gasteiger partial charge in [0.2, 0.25) is 10.0 Å². The molecule has 2 aliphatic heterocycles. The molecular weight excluding hydrogens is 945 g/mol. The Morgan fingerprint density at radius 1 is 0.662 bits per heavy atom. The van der Waals surface area contributed by atoms with Crippen LogP contribution in [0.2, 0.25) is 0 Å². The van der Waals surface area contributed by atoms with Crippen LogP contribution in [0, 0.1) is 0 Å². The standard InChI is InChI=1S/C42H44N4O14S5/c1-7-45-33-15-12-28-30(19-26(62(49,50)51)21-35(28)64(55,56)57)39(33)41(3,4)37(45)17-9-24(32-14-11-25(23-44-32)61(43,47)48)10-18-38-42(5,6)40-31-20-27(63(52,53)54)22-36(65(58,59)60)29(31)13-16-34(40)46(38)8-2/h9-23,37H,7-8H2,1-6H3,(H2,43,47,48)(H,49,50,51)(H,52,53,54)(H,55,56,57)(H,58,59,60)/b17-9+,24-10?,38-18?. The number of benzene rings is 4. The van der Waals surface area contributed by atoms with Gasteiger partial charge in [-0.05, 0) is 95.9 Å². The molecule has 0 fully saturated rings. The van der Waals surface area contributed by atoms with Gasteiger partial charge in [-0.25, -0.2) is 13.6 Å². The summed E-state index contributed by atoms with van der Waals surface area (Å²) in [6, 6.07) is 12.1. The molecule has 0 spiro atoms. The van der Waals surface area contributed by atoms with E-state index in [-0.39, 0.29) is 26.4 Å². The molecule has 0 aliphatic carbocycles. The second-order valence-corrected chi connectivity index (χ2v) is 23.8. The van der Waals surface area contributed by atoms with Crippen LogP contribution in [0.1, 0.15) is 58.4 Å². The molecule has 7 rings (SSSR count). The number of aromatic nitrogens is 1. The smallest absolute Gasteiger partial charge is 0.295 e. The summed E-state index contributed by atoms with van der Waals surface area (Å²) in [6.45, 7) is 11.9. The van der Waals surface area contributed by atoms with E-state index in [4.69, 9.17) is 5.14 Å². The van der Waals surface area contributed by atoms with Crippen LogP contribution < -0.4 is 14.9 Å². The van der Waals surface area contributed by atoms with Crippen molar-refractivity contribution in [1.82, 2.24) is 4.98 Å². The maximum absolute atomic E-state index is 12.6. The van der Waals surface area contributed by atoms with E-state index in [0.717, 1.165) is 18.3 Å². The minimum atomic E-state index is -4.98. The second kappa shape index (κ2) is 15.8. The van der Waals surface area contributed by atoms with Crippen LogP contribution in [0.25, 0.3) is 27.1 Å². The molecule has 18 nitrogen and oxygen atoms in total. The third-order valence-electron chi connectivity index (χ3n) is 12.0. The van der Waals surface area contributed by atoms with E-state index in [1.807, 2.05) is 57.4 Å². The second-order valence-electron chi connectivity index (χ2n) is 16.6. The molecule has 0 radical (unpaired) electrons. The van der Waals surface area contributed by atoms with E-state index in [9.17, 15) is 60.3 Å². The Hall–Kier alpha value is -5.08. The molecule has 2 aliphatic rings. The van der Waals surface area contributed by atoms with Crippen molar-refractivity contribution in [3.63, 3.8) is 0 Å². The number of fused-ring (bicyclic) bond motifs is 6. The molecular formula is C42H44N4O14S5. The minimum Gasteiger partial charge on any atom is -0.364 e. The fourth-order valence-corrected chi connectivity index (χ4v) is 12.3. The molecule has 5 aromatic rings. The van der Waals surface area contributed by atoms with Crippen molar-refractivity contribution in [1.29, 1.82) is 0 Å². The molecule has 346 valence electrons. The predicted molar refractivity (Wildman–Crippen MR) is 244 cm³/mol. The zero-order valence-electron chi connectivity index (χ0n) is 35.5. The summed E-state index contributed by atoms with van der Waals surface area (Å²) < 4.78 is 164. The summed E-state index contributed by atoms with van der Waals surface area (Å²) in [6.07, 6.45) is 8.17. The van der Waals surface area contributed by atoms with Gasteiger partial charge in [-0.2, -0.15) is 33.7 Å². The summed E-state index contributed by atoms with van der Waals surface area (Å²) >= 11 is 0. The first-order valence-electron chi connectivity index (χ1n) is 19.6. The number of anilines is 2. The van der Waals surface area contributed by atoms with Gasteiger partial charge in [0.1, 0.15) is 14.7 Å². The Morgan fingerprint density at radius 2 is 1.18 bits per heavy atom. The highest BCUT2D eigenvalue weighted by molar-refractivity contribution is 7.89. The monoisotopic (exact) mass is 988 g/mol. The molecule has 23 heteroatoms. The van der Waals surface area contributed by atoms with E-state index in [0.29, 0.717) is 64.7 Å². The first-order chi connectivity index (χ1) is 29.8. The van der Waals surface area contributed by atoms with Gasteiger partial charge < -0.3 is 9.80 Å². The maximum Gasteiger partial charge on any atom is 0.295 e. The number of primary sulfonamides is 1. The molecule has 0 bridgehead atoms. The largest absolute Gasteiger partial charge is 0.364 e. The Bertz CT molecular complexity index is 3550. The number of pyridine rings is 1. The quantitative estimate of drug-likeness (QED) is 0.0766. The van der Waals surface area contributed by atoms with Crippen LogP contribution >= 0.6 is 0 Å². The van der Waals surface area contributed by atoms with Crippen LogP contribution in [0.4, 0.5) is 11.4 Å². The number of sulfonamides is 1. The van der Waals surface area contributed by atoms with E-state index >= 15 is 0 Å². The van der Waals surface area contributed by atoms with Gasteiger partial charge in [0.15, 0.2) is 0 Å². The van der Waals surface area contributed by atoms with Crippen molar-refractivity contribution in [2.24, 2.45) is 5.14 Å². The van der Waals surface area contributed by atoms with Crippen molar-refractivity contribution >= 4 is 89.0 Å². The molecule has 0 amide bonds. The van der Waals surface area contributed by atoms with Crippen LogP contribution in [0.3, 0.4) is 0 Å². The van der Waals surface area contributed by atoms with Gasteiger partial charge in [0, 0.05) is 58.0 Å². The summed E-state index contributed by atoms with van der Waals surface area (Å²) in [5.41, 5.74) is 1.64. The fourth-order valence-electron chi connectivity index (χ4n) is 9.19. The number of rotatable bonds is 11. The van der Waals surface area contributed by atoms with Crippen LogP contribution in [-0.2, 0) is 61.3 Å². The number of allylic oxidation sites excluding steroid dienone is 5. The number of hydrogen-bond donors (Lipinski definition) is 5. The lowest BCUT2D eigenvalue weighted by atomic mass is 9.78. The third kappa shape index (κ3) is 8.38. The van der Waals surface area contributed by atoms with Crippen molar-refractivity contribution in [3.8, 4) is 0 Å². The Labute approximate surface area is 376 Å². The maximum atomic E-state index is 12.6. The number of nitrogens with two attached hydrogens (primary N) is 1. The van der Waals surface area contributed by atoms with Gasteiger partial charge in [-0.1, -0.05) is 58.1 Å². The molecule has 6 N–H and O–H groups in total. The van der Waals surface area contributed by atoms with E-state index in [2.05, 4.69) is 4.98 Å². The summed E-state index contributed by atoms with van der Waals surface area (Å²) in [5, 5.41) is 5.72. The number of likely N-dealkylation sites (N-methyl/N-ethyl adjacent to an activating group) is 2. The first-order valence-corrected chi connectivity index (χ1v) is 26.9. The summed E-state index contributed by atoms with van der Waals surface area (Å²) in [4.78, 5) is 5.18. The van der Waals surface area contributed by atoms with Crippen molar-refractivity contribution in [3.05, 3.63) is 114 Å². The molecule has 1 aromatic heterocycles. The molecule has 3 heterocycles. The van der Waals surface area contributed by atoms with E-state index in [1.54, 1.807) is 30.4 Å². The summed E-state index contributed by atoms with van der Waals surface area (Å²) in [5.74, 6) is 0. The lowest BCUT2D eigenvalue weighted by Crippen LogP contribution is -2.39. The highest BCUT2D eigenvalue weighted by Crippen LogP contribution is 2.53. The zero-order chi connectivity index (χ0) is 48.2. The van der Waals surface area contributed by atoms with E-state index < -0.39 is 86.9 Å². The van der Waals surface area contributed by atoms with Crippen molar-refractivity contribution < 1.29 is 60.3 Å². The Morgan fingerprint density at radius 3 is 1.63 bits per heavy atom. The van der Waals surface area contributed by atoms with Gasteiger partial charge in [0.25, 0.3) is 40.5 Å². The normalized spacial score (nSPS) is 18.6. The molecule has 65 heavy (non-hydrogen) atoms. The first kappa shape index (κ1) is 47.9. The van der Waals surface area contributed by atoms with Crippen LogP contribution in [0.15, 0.2) is 121 Å². The zero-order valence-corrected chi connectivity index (χ0v) is 39.6. The molecule has 0 saturated carbocycles. The van der Waals surface area contributed by atoms with E-state index in [1.165, 1.54) is 24.3 Å². The minimum absolute atomic E-state index is 0.0131. The predicted octanol–water partition coefficient (Wildman–Crippen LogP) is 5.85. The lowest BCUT2D eigenvalue weighted by Gasteiger charge is -2.32. The SMILES string of the molecule is CCN1C(=CC=C(/C=C/C2N(CC)c3ccc4c(S(=O)(=O)O)cc(S(=O)(=O)O)cc4c3C2(C)C)c2ccc(S(N)(=O)=O)cn2)C(C)(C)c2c1ccc1c(S(=O)(=O)O)cc(S(=O)(=O)O)cc21. The van der Waals surface area contributed by atoms with Gasteiger partial charge in [-0.15, -0.1) is 0 Å². The molecule has 4 aromatic carbocycles. The Balaban J connectivity index is 1.43. The average molecular weight is 989 g/mol. The highest BCUT2D eigenvalue weighted by Gasteiger charge is 2.45. The van der Waals surface area contributed by atoms with Crippen LogP contribution in [0.5, 0.6) is 0 Å². The molecule has 1 atom stereocenters. The number of hydrogen-bond acceptors (Lipinski definition) is 13. The van der Waals surface area contributed by atoms with Gasteiger partial charge in [0.05, 0.1) is 21.5 Å². The Kier molecular flexibility index (Phi) is 11.6. The topological polar surface area (TPSA) is 297 Å². The van der Waals surface area contributed by atoms with Crippen molar-refractivity contribution in [2.75, 3.05) is 22.9 Å². The fraction of sp³-hybridized carbons (Fsp3) is 0.262. The summed E-state index contributed by atoms with van der Waals surface area (Å²) in [7, 11) is -24.0. The third-order valence-corrected chi connectivity index (χ3v) is 16.4. The van der Waals surface area contributed by atoms with Crippen LogP contribution in [-0.4, -0.2) is 84.4 Å². The number of nitrogens with zero attached hydrogens (tertiary/aromatic N) is 3. The van der Waals surface area contributed by atoms with Gasteiger partial charge in [-0.3, -0.25) is 23.2 Å². The average Bonchev–Trinajstić information content (AvgIpc) is 3.56. The van der Waals surface area contributed by atoms with Crippen molar-refractivity contribution in [2.45, 2.75) is 82.9 Å². The molecule has 1 unspecified atom stereocenters.